The third-order valence-corrected chi connectivity index (χ3v) is 3.88. The van der Waals surface area contributed by atoms with E-state index in [4.69, 9.17) is 0 Å². The molecule has 1 atom stereocenters. The smallest absolute Gasteiger partial charge is 0.0586 e. The van der Waals surface area contributed by atoms with Gasteiger partial charge in [0.1, 0.15) is 0 Å². The first-order valence-electron chi connectivity index (χ1n) is 5.81. The van der Waals surface area contributed by atoms with E-state index in [2.05, 4.69) is 11.8 Å². The van der Waals surface area contributed by atoms with E-state index >= 15 is 0 Å². The average Bonchev–Trinajstić information content (AvgIpc) is 2.25. The van der Waals surface area contributed by atoms with Gasteiger partial charge in [-0.1, -0.05) is 13.3 Å². The van der Waals surface area contributed by atoms with Crippen LogP contribution in [0, 0.1) is 0 Å². The minimum atomic E-state index is 0.348. The van der Waals surface area contributed by atoms with Gasteiger partial charge in [-0.05, 0) is 43.9 Å². The highest BCUT2D eigenvalue weighted by Gasteiger charge is 2.20. The molecule has 1 unspecified atom stereocenters. The molecular formula is C11H23NOS. The number of likely N-dealkylation sites (tertiary alicyclic amines) is 1. The number of thioether (sulfide) groups is 1. The zero-order valence-electron chi connectivity index (χ0n) is 9.24. The Morgan fingerprint density at radius 2 is 2.29 bits per heavy atom. The molecule has 14 heavy (non-hydrogen) atoms. The molecule has 1 aliphatic rings. The largest absolute Gasteiger partial charge is 0.395 e. The summed E-state index contributed by atoms with van der Waals surface area (Å²) < 4.78 is 0. The zero-order valence-corrected chi connectivity index (χ0v) is 10.1. The van der Waals surface area contributed by atoms with Gasteiger partial charge in [-0.3, -0.25) is 4.90 Å². The summed E-state index contributed by atoms with van der Waals surface area (Å²) in [6.07, 6.45) is 5.08. The molecule has 1 heterocycles. The van der Waals surface area contributed by atoms with Crippen LogP contribution in [0.5, 0.6) is 0 Å². The predicted octanol–water partition coefficient (Wildman–Crippen LogP) is 1.98. The van der Waals surface area contributed by atoms with Crippen LogP contribution in [0.4, 0.5) is 0 Å². The molecule has 0 radical (unpaired) electrons. The fraction of sp³-hybridized carbons (Fsp3) is 1.00. The lowest BCUT2D eigenvalue weighted by Crippen LogP contribution is -2.42. The van der Waals surface area contributed by atoms with Crippen molar-refractivity contribution in [2.24, 2.45) is 0 Å². The van der Waals surface area contributed by atoms with Crippen LogP contribution in [0.1, 0.15) is 32.6 Å². The Morgan fingerprint density at radius 1 is 1.43 bits per heavy atom. The van der Waals surface area contributed by atoms with Gasteiger partial charge in [-0.2, -0.15) is 11.8 Å². The van der Waals surface area contributed by atoms with Gasteiger partial charge in [0.05, 0.1) is 6.61 Å². The standard InChI is InChI=1S/C11H23NOS/c1-2-14-9-5-8-12-7-4-3-6-11(12)10-13/h11,13H,2-10H2,1H3. The summed E-state index contributed by atoms with van der Waals surface area (Å²) in [5.41, 5.74) is 0. The molecule has 84 valence electrons. The topological polar surface area (TPSA) is 23.5 Å². The van der Waals surface area contributed by atoms with Crippen LogP contribution in [0.25, 0.3) is 0 Å². The molecule has 0 spiro atoms. The molecular weight excluding hydrogens is 194 g/mol. The molecule has 3 heteroatoms. The van der Waals surface area contributed by atoms with E-state index in [0.717, 1.165) is 0 Å². The molecule has 0 aromatic carbocycles. The quantitative estimate of drug-likeness (QED) is 0.688. The summed E-state index contributed by atoms with van der Waals surface area (Å²) in [6.45, 7) is 4.93. The third-order valence-electron chi connectivity index (χ3n) is 2.90. The van der Waals surface area contributed by atoms with Gasteiger partial charge in [0, 0.05) is 6.04 Å². The van der Waals surface area contributed by atoms with Crippen molar-refractivity contribution in [2.45, 2.75) is 38.6 Å². The number of hydrogen-bond donors (Lipinski definition) is 1. The molecule has 1 aliphatic heterocycles. The molecule has 0 amide bonds. The highest BCUT2D eigenvalue weighted by Crippen LogP contribution is 2.17. The van der Waals surface area contributed by atoms with E-state index < -0.39 is 0 Å². The summed E-state index contributed by atoms with van der Waals surface area (Å²) in [4.78, 5) is 2.47. The van der Waals surface area contributed by atoms with Crippen molar-refractivity contribution >= 4 is 11.8 Å². The molecule has 0 aromatic rings. The number of rotatable bonds is 6. The number of nitrogens with zero attached hydrogens (tertiary/aromatic N) is 1. The van der Waals surface area contributed by atoms with Crippen LogP contribution in [-0.2, 0) is 0 Å². The van der Waals surface area contributed by atoms with Crippen LogP contribution in [0.15, 0.2) is 0 Å². The van der Waals surface area contributed by atoms with Gasteiger partial charge in [-0.15, -0.1) is 0 Å². The van der Waals surface area contributed by atoms with E-state index in [0.29, 0.717) is 12.6 Å². The van der Waals surface area contributed by atoms with E-state index in [-0.39, 0.29) is 0 Å². The Kier molecular flexibility index (Phi) is 6.65. The maximum atomic E-state index is 9.22. The van der Waals surface area contributed by atoms with Crippen molar-refractivity contribution < 1.29 is 5.11 Å². The second kappa shape index (κ2) is 7.55. The average molecular weight is 217 g/mol. The number of aliphatic hydroxyl groups is 1. The Bertz CT molecular complexity index is 143. The molecule has 1 N–H and O–H groups in total. The summed E-state index contributed by atoms with van der Waals surface area (Å²) in [6, 6.07) is 0.454. The lowest BCUT2D eigenvalue weighted by atomic mass is 10.0. The van der Waals surface area contributed by atoms with Gasteiger partial charge < -0.3 is 5.11 Å². The zero-order chi connectivity index (χ0) is 10.2. The Morgan fingerprint density at radius 3 is 3.00 bits per heavy atom. The van der Waals surface area contributed by atoms with Crippen LogP contribution in [0.2, 0.25) is 0 Å². The molecule has 1 saturated heterocycles. The molecule has 2 nitrogen and oxygen atoms in total. The molecule has 1 rings (SSSR count). The fourth-order valence-electron chi connectivity index (χ4n) is 2.08. The highest BCUT2D eigenvalue weighted by molar-refractivity contribution is 7.99. The van der Waals surface area contributed by atoms with Crippen LogP contribution < -0.4 is 0 Å². The highest BCUT2D eigenvalue weighted by atomic mass is 32.2. The van der Waals surface area contributed by atoms with Crippen molar-refractivity contribution in [2.75, 3.05) is 31.2 Å². The molecule has 0 aromatic heterocycles. The summed E-state index contributed by atoms with van der Waals surface area (Å²) >= 11 is 2.02. The maximum absolute atomic E-state index is 9.22. The first-order valence-corrected chi connectivity index (χ1v) is 6.96. The lowest BCUT2D eigenvalue weighted by Gasteiger charge is -2.34. The molecule has 0 saturated carbocycles. The summed E-state index contributed by atoms with van der Waals surface area (Å²) in [5, 5.41) is 9.22. The van der Waals surface area contributed by atoms with Gasteiger partial charge in [-0.25, -0.2) is 0 Å². The molecule has 1 fully saturated rings. The molecule has 0 aliphatic carbocycles. The first-order chi connectivity index (χ1) is 6.88. The number of piperidine rings is 1. The van der Waals surface area contributed by atoms with Crippen LogP contribution in [-0.4, -0.2) is 47.3 Å². The minimum Gasteiger partial charge on any atom is -0.395 e. The van der Waals surface area contributed by atoms with E-state index in [1.807, 2.05) is 11.8 Å². The van der Waals surface area contributed by atoms with E-state index in [1.54, 1.807) is 0 Å². The van der Waals surface area contributed by atoms with Crippen LogP contribution >= 0.6 is 11.8 Å². The van der Waals surface area contributed by atoms with Gasteiger partial charge in [0.25, 0.3) is 0 Å². The summed E-state index contributed by atoms with van der Waals surface area (Å²) in [5.74, 6) is 2.49. The maximum Gasteiger partial charge on any atom is 0.0586 e. The number of hydrogen-bond acceptors (Lipinski definition) is 3. The first kappa shape index (κ1) is 12.3. The van der Waals surface area contributed by atoms with Crippen molar-refractivity contribution in [1.82, 2.24) is 4.90 Å². The number of aliphatic hydroxyl groups excluding tert-OH is 1. The Labute approximate surface area is 92.1 Å². The minimum absolute atomic E-state index is 0.348. The van der Waals surface area contributed by atoms with E-state index in [9.17, 15) is 5.11 Å². The van der Waals surface area contributed by atoms with Gasteiger partial charge in [0.15, 0.2) is 0 Å². The fourth-order valence-corrected chi connectivity index (χ4v) is 2.70. The van der Waals surface area contributed by atoms with Crippen molar-refractivity contribution in [3.05, 3.63) is 0 Å². The van der Waals surface area contributed by atoms with Crippen molar-refractivity contribution in [1.29, 1.82) is 0 Å². The van der Waals surface area contributed by atoms with Crippen molar-refractivity contribution in [3.63, 3.8) is 0 Å². The second-order valence-corrected chi connectivity index (χ2v) is 5.31. The third kappa shape index (κ3) is 4.20. The Hall–Kier alpha value is 0.270. The van der Waals surface area contributed by atoms with Gasteiger partial charge in [0.2, 0.25) is 0 Å². The molecule has 0 bridgehead atoms. The van der Waals surface area contributed by atoms with Crippen LogP contribution in [0.3, 0.4) is 0 Å². The summed E-state index contributed by atoms with van der Waals surface area (Å²) in [7, 11) is 0. The normalized spacial score (nSPS) is 24.0. The lowest BCUT2D eigenvalue weighted by molar-refractivity contribution is 0.0907. The Balaban J connectivity index is 2.13. The van der Waals surface area contributed by atoms with Gasteiger partial charge >= 0.3 is 0 Å². The second-order valence-electron chi connectivity index (χ2n) is 3.92. The van der Waals surface area contributed by atoms with Crippen molar-refractivity contribution in [3.8, 4) is 0 Å². The van der Waals surface area contributed by atoms with E-state index in [1.165, 1.54) is 50.3 Å². The monoisotopic (exact) mass is 217 g/mol. The SMILES string of the molecule is CCSCCCN1CCCCC1CO. The predicted molar refractivity (Wildman–Crippen MR) is 63.9 cm³/mol.